The maximum Gasteiger partial charge on any atom is 0.150 e. The highest BCUT2D eigenvalue weighted by Crippen LogP contribution is 2.32. The van der Waals surface area contributed by atoms with Crippen molar-refractivity contribution >= 4 is 5.82 Å². The zero-order chi connectivity index (χ0) is 14.1. The largest absolute Gasteiger partial charge is 0.352 e. The molecule has 0 aromatic carbocycles. The van der Waals surface area contributed by atoms with Gasteiger partial charge >= 0.3 is 0 Å². The van der Waals surface area contributed by atoms with E-state index in [4.69, 9.17) is 4.98 Å². The summed E-state index contributed by atoms with van der Waals surface area (Å²) in [5, 5.41) is 3.73. The van der Waals surface area contributed by atoms with Crippen molar-refractivity contribution in [3.8, 4) is 0 Å². The van der Waals surface area contributed by atoms with Crippen LogP contribution in [0.25, 0.3) is 0 Å². The lowest BCUT2D eigenvalue weighted by Crippen LogP contribution is -2.49. The van der Waals surface area contributed by atoms with Crippen molar-refractivity contribution in [2.75, 3.05) is 11.4 Å². The summed E-state index contributed by atoms with van der Waals surface area (Å²) in [7, 11) is 0. The van der Waals surface area contributed by atoms with Crippen LogP contribution >= 0.6 is 0 Å². The minimum absolute atomic E-state index is 0.628. The Kier molecular flexibility index (Phi) is 3.92. The number of rotatable bonds is 4. The van der Waals surface area contributed by atoms with Crippen LogP contribution < -0.4 is 10.2 Å². The van der Waals surface area contributed by atoms with Gasteiger partial charge in [-0.05, 0) is 46.0 Å². The Morgan fingerprint density at radius 1 is 1.25 bits per heavy atom. The molecule has 2 aliphatic heterocycles. The van der Waals surface area contributed by atoms with Gasteiger partial charge in [0.25, 0.3) is 0 Å². The number of nitrogens with one attached hydrogen (secondary N) is 1. The Bertz CT molecular complexity index is 462. The molecule has 2 saturated heterocycles. The molecule has 1 N–H and O–H groups in total. The van der Waals surface area contributed by atoms with E-state index in [0.29, 0.717) is 6.04 Å². The zero-order valence-electron chi connectivity index (χ0n) is 12.9. The van der Waals surface area contributed by atoms with Crippen molar-refractivity contribution in [2.24, 2.45) is 0 Å². The molecule has 2 bridgehead atoms. The number of hydrogen-bond acceptors (Lipinski definition) is 4. The van der Waals surface area contributed by atoms with Crippen molar-refractivity contribution in [3.63, 3.8) is 0 Å². The van der Waals surface area contributed by atoms with E-state index >= 15 is 0 Å². The Hall–Kier alpha value is -1.16. The van der Waals surface area contributed by atoms with Gasteiger partial charge in [0.1, 0.15) is 0 Å². The first-order valence-electron chi connectivity index (χ1n) is 8.00. The number of fused-ring (bicyclic) bond motifs is 2. The van der Waals surface area contributed by atoms with E-state index in [9.17, 15) is 0 Å². The first-order valence-corrected chi connectivity index (χ1v) is 8.00. The van der Waals surface area contributed by atoms with E-state index in [-0.39, 0.29) is 0 Å². The fourth-order valence-electron chi connectivity index (χ4n) is 3.78. The summed E-state index contributed by atoms with van der Waals surface area (Å²) >= 11 is 0. The molecule has 2 fully saturated rings. The molecule has 2 unspecified atom stereocenters. The molecule has 0 spiro atoms. The molecule has 0 radical (unpaired) electrons. The molecule has 0 saturated carbocycles. The predicted molar refractivity (Wildman–Crippen MR) is 82.1 cm³/mol. The normalized spacial score (nSPS) is 28.6. The molecule has 0 aliphatic carbocycles. The van der Waals surface area contributed by atoms with Gasteiger partial charge in [0.15, 0.2) is 5.82 Å². The van der Waals surface area contributed by atoms with Gasteiger partial charge in [-0.1, -0.05) is 6.92 Å². The van der Waals surface area contributed by atoms with Crippen molar-refractivity contribution < 1.29 is 0 Å². The average Bonchev–Trinajstić information content (AvgIpc) is 2.78. The number of piperidine rings is 1. The lowest BCUT2D eigenvalue weighted by molar-refractivity contribution is 0.345. The van der Waals surface area contributed by atoms with Gasteiger partial charge in [-0.3, -0.25) is 4.98 Å². The standard InChI is InChI=1S/C16H26N4/c1-4-7-20(16-12(3)17-10-11(2)18-16)15-8-13-5-6-14(9-15)19-13/h10,13-15,19H,4-9H2,1-3H3. The summed E-state index contributed by atoms with van der Waals surface area (Å²) in [5.41, 5.74) is 2.08. The molecule has 4 heteroatoms. The van der Waals surface area contributed by atoms with Crippen LogP contribution in [0.2, 0.25) is 0 Å². The molecule has 1 aromatic rings. The first kappa shape index (κ1) is 13.8. The van der Waals surface area contributed by atoms with Gasteiger partial charge in [-0.15, -0.1) is 0 Å². The van der Waals surface area contributed by atoms with Gasteiger partial charge in [0.05, 0.1) is 11.4 Å². The fourth-order valence-corrected chi connectivity index (χ4v) is 3.78. The predicted octanol–water partition coefficient (Wildman–Crippen LogP) is 2.59. The SMILES string of the molecule is CCCN(c1nc(C)cnc1C)C1CC2CCC(C1)N2. The van der Waals surface area contributed by atoms with Gasteiger partial charge in [0.2, 0.25) is 0 Å². The number of aromatic nitrogens is 2. The van der Waals surface area contributed by atoms with Crippen LogP contribution in [0.5, 0.6) is 0 Å². The molecule has 20 heavy (non-hydrogen) atoms. The zero-order valence-corrected chi connectivity index (χ0v) is 12.9. The van der Waals surface area contributed by atoms with Crippen LogP contribution in [0.4, 0.5) is 5.82 Å². The summed E-state index contributed by atoms with van der Waals surface area (Å²) in [6.45, 7) is 7.45. The highest BCUT2D eigenvalue weighted by Gasteiger charge is 2.36. The van der Waals surface area contributed by atoms with E-state index in [2.05, 4.69) is 29.0 Å². The van der Waals surface area contributed by atoms with Gasteiger partial charge in [-0.2, -0.15) is 0 Å². The molecular formula is C16H26N4. The second-order valence-corrected chi connectivity index (χ2v) is 6.38. The monoisotopic (exact) mass is 274 g/mol. The van der Waals surface area contributed by atoms with Crippen LogP contribution in [0.15, 0.2) is 6.20 Å². The summed E-state index contributed by atoms with van der Waals surface area (Å²) in [6.07, 6.45) is 8.24. The summed E-state index contributed by atoms with van der Waals surface area (Å²) < 4.78 is 0. The Balaban J connectivity index is 1.86. The van der Waals surface area contributed by atoms with E-state index in [1.54, 1.807) is 0 Å². The molecule has 1 aromatic heterocycles. The highest BCUT2D eigenvalue weighted by molar-refractivity contribution is 5.44. The van der Waals surface area contributed by atoms with Gasteiger partial charge < -0.3 is 10.2 Å². The van der Waals surface area contributed by atoms with E-state index in [0.717, 1.165) is 42.3 Å². The first-order chi connectivity index (χ1) is 9.67. The molecule has 3 rings (SSSR count). The summed E-state index contributed by atoms with van der Waals surface area (Å²) in [5.74, 6) is 1.11. The van der Waals surface area contributed by atoms with Crippen molar-refractivity contribution in [1.82, 2.24) is 15.3 Å². The van der Waals surface area contributed by atoms with E-state index < -0.39 is 0 Å². The van der Waals surface area contributed by atoms with Crippen LogP contribution in [-0.2, 0) is 0 Å². The molecular weight excluding hydrogens is 248 g/mol. The Morgan fingerprint density at radius 2 is 1.95 bits per heavy atom. The van der Waals surface area contributed by atoms with Crippen molar-refractivity contribution in [2.45, 2.75) is 71.0 Å². The maximum atomic E-state index is 4.78. The average molecular weight is 274 g/mol. The maximum absolute atomic E-state index is 4.78. The molecule has 2 atom stereocenters. The third kappa shape index (κ3) is 2.66. The van der Waals surface area contributed by atoms with Gasteiger partial charge in [-0.25, -0.2) is 4.98 Å². The van der Waals surface area contributed by atoms with Crippen molar-refractivity contribution in [1.29, 1.82) is 0 Å². The number of aryl methyl sites for hydroxylation is 2. The molecule has 3 heterocycles. The lowest BCUT2D eigenvalue weighted by atomic mass is 9.97. The third-order valence-corrected chi connectivity index (χ3v) is 4.68. The second kappa shape index (κ2) is 5.68. The smallest absolute Gasteiger partial charge is 0.150 e. The lowest BCUT2D eigenvalue weighted by Gasteiger charge is -2.39. The second-order valence-electron chi connectivity index (χ2n) is 6.38. The van der Waals surface area contributed by atoms with E-state index in [1.807, 2.05) is 13.1 Å². The highest BCUT2D eigenvalue weighted by atomic mass is 15.2. The van der Waals surface area contributed by atoms with Crippen LogP contribution in [0.3, 0.4) is 0 Å². The minimum atomic E-state index is 0.628. The third-order valence-electron chi connectivity index (χ3n) is 4.68. The fraction of sp³-hybridized carbons (Fsp3) is 0.750. The topological polar surface area (TPSA) is 41.1 Å². The number of anilines is 1. The van der Waals surface area contributed by atoms with E-state index in [1.165, 1.54) is 25.7 Å². The Labute approximate surface area is 122 Å². The summed E-state index contributed by atoms with van der Waals surface area (Å²) in [4.78, 5) is 11.8. The van der Waals surface area contributed by atoms with Crippen LogP contribution in [-0.4, -0.2) is 34.6 Å². The summed E-state index contributed by atoms with van der Waals surface area (Å²) in [6, 6.07) is 2.07. The number of hydrogen-bond donors (Lipinski definition) is 1. The number of nitrogens with zero attached hydrogens (tertiary/aromatic N) is 3. The molecule has 2 aliphatic rings. The van der Waals surface area contributed by atoms with Crippen molar-refractivity contribution in [3.05, 3.63) is 17.6 Å². The molecule has 110 valence electrons. The quantitative estimate of drug-likeness (QED) is 0.916. The van der Waals surface area contributed by atoms with Crippen LogP contribution in [0, 0.1) is 13.8 Å². The van der Waals surface area contributed by atoms with Gasteiger partial charge in [0, 0.05) is 30.9 Å². The minimum Gasteiger partial charge on any atom is -0.352 e. The molecule has 0 amide bonds. The molecule has 4 nitrogen and oxygen atoms in total. The Morgan fingerprint density at radius 3 is 2.60 bits per heavy atom. The van der Waals surface area contributed by atoms with Crippen LogP contribution in [0.1, 0.15) is 50.4 Å².